The summed E-state index contributed by atoms with van der Waals surface area (Å²) < 4.78 is 2.06. The minimum Gasteiger partial charge on any atom is -0.347 e. The summed E-state index contributed by atoms with van der Waals surface area (Å²) in [5, 5.41) is 11.6. The van der Waals surface area contributed by atoms with Gasteiger partial charge in [-0.1, -0.05) is 6.07 Å². The molecule has 27 heavy (non-hydrogen) atoms. The zero-order valence-corrected chi connectivity index (χ0v) is 15.8. The Morgan fingerprint density at radius 3 is 2.81 bits per heavy atom. The molecule has 0 unspecified atom stereocenters. The number of pyridine rings is 1. The second kappa shape index (κ2) is 6.71. The molecule has 0 radical (unpaired) electrons. The Kier molecular flexibility index (Phi) is 4.19. The normalized spacial score (nSPS) is 24.9. The number of rotatable bonds is 4. The molecular weight excluding hydrogens is 340 g/mol. The van der Waals surface area contributed by atoms with Crippen LogP contribution in [0, 0.1) is 18.8 Å². The van der Waals surface area contributed by atoms with Crippen LogP contribution in [0.2, 0.25) is 0 Å². The highest BCUT2D eigenvalue weighted by Gasteiger charge is 2.39. The van der Waals surface area contributed by atoms with Crippen LogP contribution in [0.5, 0.6) is 0 Å². The largest absolute Gasteiger partial charge is 0.347 e. The van der Waals surface area contributed by atoms with Crippen molar-refractivity contribution in [3.63, 3.8) is 0 Å². The van der Waals surface area contributed by atoms with E-state index in [1.165, 1.54) is 6.42 Å². The first-order valence-electron chi connectivity index (χ1n) is 10.0. The van der Waals surface area contributed by atoms with Gasteiger partial charge in [0, 0.05) is 44.3 Å². The van der Waals surface area contributed by atoms with Crippen molar-refractivity contribution < 1.29 is 4.79 Å². The van der Waals surface area contributed by atoms with E-state index in [9.17, 15) is 4.79 Å². The molecule has 1 aliphatic carbocycles. The van der Waals surface area contributed by atoms with Gasteiger partial charge in [-0.15, -0.1) is 10.2 Å². The Morgan fingerprint density at radius 2 is 2.04 bits per heavy atom. The summed E-state index contributed by atoms with van der Waals surface area (Å²) in [7, 11) is 0. The minimum absolute atomic E-state index is 0.0595. The molecule has 0 aromatic carbocycles. The second-order valence-electron chi connectivity index (χ2n) is 8.34. The third-order valence-corrected chi connectivity index (χ3v) is 6.32. The van der Waals surface area contributed by atoms with Crippen molar-refractivity contribution in [2.75, 3.05) is 13.1 Å². The number of nitrogens with one attached hydrogen (secondary N) is 1. The van der Waals surface area contributed by atoms with Crippen molar-refractivity contribution in [1.29, 1.82) is 0 Å². The predicted octanol–water partition coefficient (Wildman–Crippen LogP) is 1.57. The van der Waals surface area contributed by atoms with Gasteiger partial charge in [0.15, 0.2) is 0 Å². The van der Waals surface area contributed by atoms with Gasteiger partial charge >= 0.3 is 0 Å². The summed E-state index contributed by atoms with van der Waals surface area (Å²) in [6.45, 7) is 5.89. The summed E-state index contributed by atoms with van der Waals surface area (Å²) in [5.74, 6) is 2.54. The number of fused-ring (bicyclic) bond motifs is 2. The molecule has 3 aliphatic rings. The third-order valence-electron chi connectivity index (χ3n) is 6.32. The first-order chi connectivity index (χ1) is 13.2. The molecule has 7 nitrogen and oxygen atoms in total. The molecule has 7 heteroatoms. The lowest BCUT2D eigenvalue weighted by atomic mass is 9.89. The zero-order chi connectivity index (χ0) is 18.4. The van der Waals surface area contributed by atoms with E-state index in [0.29, 0.717) is 23.7 Å². The topological polar surface area (TPSA) is 75.9 Å². The fourth-order valence-corrected chi connectivity index (χ4v) is 4.64. The first kappa shape index (κ1) is 16.9. The van der Waals surface area contributed by atoms with Crippen molar-refractivity contribution in [3.05, 3.63) is 41.2 Å². The van der Waals surface area contributed by atoms with Gasteiger partial charge in [0.2, 0.25) is 5.82 Å². The van der Waals surface area contributed by atoms with Crippen molar-refractivity contribution in [1.82, 2.24) is 30.0 Å². The number of hydrogen-bond donors (Lipinski definition) is 1. The van der Waals surface area contributed by atoms with Gasteiger partial charge in [0.25, 0.3) is 5.91 Å². The van der Waals surface area contributed by atoms with Gasteiger partial charge in [-0.05, 0) is 50.2 Å². The van der Waals surface area contributed by atoms with Crippen LogP contribution in [0.1, 0.15) is 47.1 Å². The Balaban J connectivity index is 1.26. The third kappa shape index (κ3) is 3.25. The highest BCUT2D eigenvalue weighted by atomic mass is 16.2. The zero-order valence-electron chi connectivity index (χ0n) is 15.8. The lowest BCUT2D eigenvalue weighted by molar-refractivity contribution is 0.0898. The molecule has 1 saturated heterocycles. The van der Waals surface area contributed by atoms with Gasteiger partial charge in [0.05, 0.1) is 5.69 Å². The Hall–Kier alpha value is -2.28. The van der Waals surface area contributed by atoms with Gasteiger partial charge in [-0.3, -0.25) is 14.7 Å². The smallest absolute Gasteiger partial charge is 0.289 e. The van der Waals surface area contributed by atoms with Crippen LogP contribution in [0.4, 0.5) is 0 Å². The SMILES string of the molecule is Cc1cccc(CN2C[C@@H]3Cc4nnc(C(=O)NC5CCC5)n4C[C@@H]3C2)n1. The van der Waals surface area contributed by atoms with Gasteiger partial charge in [-0.25, -0.2) is 0 Å². The average molecular weight is 366 g/mol. The van der Waals surface area contributed by atoms with Crippen molar-refractivity contribution in [2.45, 2.75) is 51.7 Å². The first-order valence-corrected chi connectivity index (χ1v) is 10.0. The molecule has 1 N–H and O–H groups in total. The van der Waals surface area contributed by atoms with E-state index in [1.54, 1.807) is 0 Å². The van der Waals surface area contributed by atoms with E-state index >= 15 is 0 Å². The monoisotopic (exact) mass is 366 g/mol. The van der Waals surface area contributed by atoms with E-state index in [1.807, 2.05) is 13.0 Å². The van der Waals surface area contributed by atoms with E-state index < -0.39 is 0 Å². The number of amides is 1. The van der Waals surface area contributed by atoms with Gasteiger partial charge in [0.1, 0.15) is 5.82 Å². The number of aryl methyl sites for hydroxylation is 1. The summed E-state index contributed by atoms with van der Waals surface area (Å²) >= 11 is 0. The summed E-state index contributed by atoms with van der Waals surface area (Å²) in [6.07, 6.45) is 4.28. The molecule has 142 valence electrons. The summed E-state index contributed by atoms with van der Waals surface area (Å²) in [4.78, 5) is 19.7. The van der Waals surface area contributed by atoms with Crippen LogP contribution in [0.25, 0.3) is 0 Å². The second-order valence-corrected chi connectivity index (χ2v) is 8.34. The molecule has 2 fully saturated rings. The fraction of sp³-hybridized carbons (Fsp3) is 0.600. The Labute approximate surface area is 159 Å². The van der Waals surface area contributed by atoms with Crippen LogP contribution in [-0.4, -0.2) is 49.7 Å². The summed E-state index contributed by atoms with van der Waals surface area (Å²) in [5.41, 5.74) is 2.20. The molecule has 2 atom stereocenters. The maximum atomic E-state index is 12.6. The number of carbonyl (C=O) groups excluding carboxylic acids is 1. The molecule has 5 rings (SSSR count). The maximum absolute atomic E-state index is 12.6. The highest BCUT2D eigenvalue weighted by molar-refractivity contribution is 5.91. The quantitative estimate of drug-likeness (QED) is 0.889. The maximum Gasteiger partial charge on any atom is 0.289 e. The highest BCUT2D eigenvalue weighted by Crippen LogP contribution is 2.33. The Morgan fingerprint density at radius 1 is 1.19 bits per heavy atom. The number of aromatic nitrogens is 4. The van der Waals surface area contributed by atoms with Crippen LogP contribution in [0.15, 0.2) is 18.2 Å². The molecule has 1 saturated carbocycles. The van der Waals surface area contributed by atoms with Gasteiger partial charge in [-0.2, -0.15) is 0 Å². The molecule has 0 spiro atoms. The van der Waals surface area contributed by atoms with Crippen LogP contribution in [0.3, 0.4) is 0 Å². The van der Waals surface area contributed by atoms with E-state index in [2.05, 4.69) is 42.1 Å². The fourth-order valence-electron chi connectivity index (χ4n) is 4.64. The molecular formula is C20H26N6O. The minimum atomic E-state index is -0.0595. The molecule has 2 aromatic heterocycles. The number of likely N-dealkylation sites (tertiary alicyclic amines) is 1. The molecule has 2 aliphatic heterocycles. The van der Waals surface area contributed by atoms with Crippen molar-refractivity contribution in [2.24, 2.45) is 11.8 Å². The molecule has 1 amide bonds. The lowest BCUT2D eigenvalue weighted by Gasteiger charge is -2.28. The molecule has 4 heterocycles. The average Bonchev–Trinajstić information content (AvgIpc) is 3.18. The van der Waals surface area contributed by atoms with Crippen LogP contribution in [-0.2, 0) is 19.5 Å². The molecule has 0 bridgehead atoms. The number of hydrogen-bond acceptors (Lipinski definition) is 5. The van der Waals surface area contributed by atoms with Gasteiger partial charge < -0.3 is 9.88 Å². The van der Waals surface area contributed by atoms with Crippen LogP contribution >= 0.6 is 0 Å². The standard InChI is InChI=1S/C20H26N6O/c1-13-4-2-7-17(21-13)12-25-9-14-8-18-23-24-19(26(18)11-15(14)10-25)20(27)22-16-5-3-6-16/h2,4,7,14-16H,3,5-6,8-12H2,1H3,(H,22,27)/t14-,15-/m0/s1. The molecule has 2 aromatic rings. The summed E-state index contributed by atoms with van der Waals surface area (Å²) in [6, 6.07) is 6.54. The number of nitrogens with zero attached hydrogens (tertiary/aromatic N) is 5. The van der Waals surface area contributed by atoms with Crippen molar-refractivity contribution >= 4 is 5.91 Å². The van der Waals surface area contributed by atoms with Crippen molar-refractivity contribution in [3.8, 4) is 0 Å². The van der Waals surface area contributed by atoms with E-state index in [0.717, 1.165) is 62.7 Å². The lowest BCUT2D eigenvalue weighted by Crippen LogP contribution is -2.41. The van der Waals surface area contributed by atoms with E-state index in [4.69, 9.17) is 0 Å². The number of carbonyl (C=O) groups is 1. The predicted molar refractivity (Wildman–Crippen MR) is 100 cm³/mol. The Bertz CT molecular complexity index is 858. The van der Waals surface area contributed by atoms with Crippen LogP contribution < -0.4 is 5.32 Å². The van der Waals surface area contributed by atoms with E-state index in [-0.39, 0.29) is 5.91 Å².